The van der Waals surface area contributed by atoms with Crippen LogP contribution in [-0.4, -0.2) is 28.9 Å². The van der Waals surface area contributed by atoms with Crippen LogP contribution in [0, 0.1) is 11.7 Å². The molecule has 0 bridgehead atoms. The highest BCUT2D eigenvalue weighted by molar-refractivity contribution is 5.77. The summed E-state index contributed by atoms with van der Waals surface area (Å²) in [6.07, 6.45) is 0.150. The van der Waals surface area contributed by atoms with E-state index < -0.39 is 5.97 Å². The maximum atomic E-state index is 13.0. The molecule has 5 heteroatoms. The predicted molar refractivity (Wildman–Crippen MR) is 68.9 cm³/mol. The average molecular weight is 267 g/mol. The summed E-state index contributed by atoms with van der Waals surface area (Å²) in [6, 6.07) is 6.06. The number of carbonyl (C=O) groups is 2. The third-order valence-electron chi connectivity index (χ3n) is 2.78. The van der Waals surface area contributed by atoms with Crippen molar-refractivity contribution in [3.8, 4) is 0 Å². The third-order valence-corrected chi connectivity index (χ3v) is 2.78. The van der Waals surface area contributed by atoms with Gasteiger partial charge in [-0.05, 0) is 23.6 Å². The number of halogens is 1. The number of carboxylic acids is 1. The molecule has 0 radical (unpaired) electrons. The number of nitrogens with zero attached hydrogens (tertiary/aromatic N) is 1. The molecule has 0 spiro atoms. The number of hydrogen-bond acceptors (Lipinski definition) is 2. The lowest BCUT2D eigenvalue weighted by Crippen LogP contribution is -2.28. The van der Waals surface area contributed by atoms with E-state index in [1.165, 1.54) is 17.0 Å². The Bertz CT molecular complexity index is 462. The predicted octanol–water partition coefficient (Wildman–Crippen LogP) is 2.29. The highest BCUT2D eigenvalue weighted by Gasteiger charge is 2.16. The zero-order valence-corrected chi connectivity index (χ0v) is 11.1. The lowest BCUT2D eigenvalue weighted by atomic mass is 10.0. The topological polar surface area (TPSA) is 57.6 Å². The van der Waals surface area contributed by atoms with E-state index in [4.69, 9.17) is 5.11 Å². The number of carbonyl (C=O) groups excluding carboxylic acids is 1. The molecular formula is C14H18FNO3. The molecule has 1 aromatic rings. The van der Waals surface area contributed by atoms with E-state index in [0.29, 0.717) is 12.1 Å². The highest BCUT2D eigenvalue weighted by Crippen LogP contribution is 2.12. The van der Waals surface area contributed by atoms with Crippen LogP contribution in [0.5, 0.6) is 0 Å². The molecule has 0 aliphatic carbocycles. The van der Waals surface area contributed by atoms with Crippen LogP contribution in [0.2, 0.25) is 0 Å². The van der Waals surface area contributed by atoms with Gasteiger partial charge in [0.05, 0.1) is 0 Å². The van der Waals surface area contributed by atoms with Gasteiger partial charge in [-0.2, -0.15) is 0 Å². The van der Waals surface area contributed by atoms with Crippen LogP contribution in [0.15, 0.2) is 24.3 Å². The minimum atomic E-state index is -0.909. The number of carboxylic acid groups (broad SMARTS) is 1. The standard InChI is InChI=1S/C14H18FNO3/c1-10(7-14(18)19)6-13(17)16(2)9-11-4-3-5-12(15)8-11/h3-5,8,10H,6-7,9H2,1-2H3,(H,18,19). The zero-order chi connectivity index (χ0) is 14.4. The fraction of sp³-hybridized carbons (Fsp3) is 0.429. The second-order valence-electron chi connectivity index (χ2n) is 4.79. The van der Waals surface area contributed by atoms with Crippen LogP contribution in [0.25, 0.3) is 0 Å². The molecule has 0 aromatic heterocycles. The van der Waals surface area contributed by atoms with Gasteiger partial charge in [0.1, 0.15) is 5.82 Å². The molecule has 1 N–H and O–H groups in total. The molecular weight excluding hydrogens is 249 g/mol. The molecule has 1 amide bonds. The molecule has 0 saturated carbocycles. The number of rotatable bonds is 6. The van der Waals surface area contributed by atoms with Gasteiger partial charge in [0.25, 0.3) is 0 Å². The Balaban J connectivity index is 2.51. The molecule has 0 aliphatic rings. The molecule has 19 heavy (non-hydrogen) atoms. The van der Waals surface area contributed by atoms with Crippen molar-refractivity contribution in [1.82, 2.24) is 4.90 Å². The molecule has 1 atom stereocenters. The smallest absolute Gasteiger partial charge is 0.303 e. The lowest BCUT2D eigenvalue weighted by molar-refractivity contribution is -0.138. The van der Waals surface area contributed by atoms with Crippen molar-refractivity contribution >= 4 is 11.9 Å². The van der Waals surface area contributed by atoms with Crippen LogP contribution in [0.4, 0.5) is 4.39 Å². The largest absolute Gasteiger partial charge is 0.481 e. The fourth-order valence-electron chi connectivity index (χ4n) is 1.82. The number of amides is 1. The summed E-state index contributed by atoms with van der Waals surface area (Å²) in [5.41, 5.74) is 0.710. The van der Waals surface area contributed by atoms with Gasteiger partial charge in [-0.1, -0.05) is 19.1 Å². The Morgan fingerprint density at radius 2 is 2.05 bits per heavy atom. The minimum Gasteiger partial charge on any atom is -0.481 e. The van der Waals surface area contributed by atoms with Crippen molar-refractivity contribution < 1.29 is 19.1 Å². The van der Waals surface area contributed by atoms with Crippen molar-refractivity contribution in [2.75, 3.05) is 7.05 Å². The Morgan fingerprint density at radius 3 is 2.63 bits per heavy atom. The molecule has 0 aliphatic heterocycles. The molecule has 0 heterocycles. The quantitative estimate of drug-likeness (QED) is 0.860. The van der Waals surface area contributed by atoms with Gasteiger partial charge in [0.2, 0.25) is 5.91 Å². The van der Waals surface area contributed by atoms with E-state index in [9.17, 15) is 14.0 Å². The van der Waals surface area contributed by atoms with E-state index >= 15 is 0 Å². The Hall–Kier alpha value is -1.91. The van der Waals surface area contributed by atoms with E-state index in [-0.39, 0.29) is 30.5 Å². The first-order valence-corrected chi connectivity index (χ1v) is 6.08. The van der Waals surface area contributed by atoms with E-state index in [0.717, 1.165) is 0 Å². The van der Waals surface area contributed by atoms with Crippen LogP contribution in [0.1, 0.15) is 25.3 Å². The van der Waals surface area contributed by atoms with Crippen LogP contribution >= 0.6 is 0 Å². The van der Waals surface area contributed by atoms with Crippen molar-refractivity contribution in [3.05, 3.63) is 35.6 Å². The highest BCUT2D eigenvalue weighted by atomic mass is 19.1. The summed E-state index contributed by atoms with van der Waals surface area (Å²) in [4.78, 5) is 23.9. The van der Waals surface area contributed by atoms with Crippen molar-refractivity contribution in [1.29, 1.82) is 0 Å². The van der Waals surface area contributed by atoms with Crippen molar-refractivity contribution in [2.24, 2.45) is 5.92 Å². The first-order valence-electron chi connectivity index (χ1n) is 6.08. The van der Waals surface area contributed by atoms with E-state index in [1.54, 1.807) is 26.1 Å². The monoisotopic (exact) mass is 267 g/mol. The van der Waals surface area contributed by atoms with Crippen molar-refractivity contribution in [3.63, 3.8) is 0 Å². The summed E-state index contributed by atoms with van der Waals surface area (Å²) >= 11 is 0. The van der Waals surface area contributed by atoms with Gasteiger partial charge in [-0.15, -0.1) is 0 Å². The molecule has 104 valence electrons. The second kappa shape index (κ2) is 6.87. The molecule has 4 nitrogen and oxygen atoms in total. The molecule has 1 rings (SSSR count). The van der Waals surface area contributed by atoms with Gasteiger partial charge >= 0.3 is 5.97 Å². The minimum absolute atomic E-state index is 0.0282. The van der Waals surface area contributed by atoms with Gasteiger partial charge in [0, 0.05) is 26.4 Å². The maximum Gasteiger partial charge on any atom is 0.303 e. The van der Waals surface area contributed by atoms with Gasteiger partial charge in [0.15, 0.2) is 0 Å². The average Bonchev–Trinajstić information content (AvgIpc) is 2.27. The lowest BCUT2D eigenvalue weighted by Gasteiger charge is -2.19. The molecule has 0 saturated heterocycles. The molecule has 1 aromatic carbocycles. The zero-order valence-electron chi connectivity index (χ0n) is 11.1. The van der Waals surface area contributed by atoms with Gasteiger partial charge < -0.3 is 10.0 Å². The van der Waals surface area contributed by atoms with Crippen molar-refractivity contribution in [2.45, 2.75) is 26.3 Å². The van der Waals surface area contributed by atoms with Gasteiger partial charge in [-0.3, -0.25) is 9.59 Å². The van der Waals surface area contributed by atoms with Gasteiger partial charge in [-0.25, -0.2) is 4.39 Å². The first kappa shape index (κ1) is 15.1. The van der Waals surface area contributed by atoms with Crippen LogP contribution < -0.4 is 0 Å². The summed E-state index contributed by atoms with van der Waals surface area (Å²) in [7, 11) is 1.63. The SMILES string of the molecule is CC(CC(=O)O)CC(=O)N(C)Cc1cccc(F)c1. The summed E-state index contributed by atoms with van der Waals surface area (Å²) in [5.74, 6) is -1.59. The van der Waals surface area contributed by atoms with E-state index in [1.807, 2.05) is 0 Å². The number of aliphatic carboxylic acids is 1. The Kier molecular flexibility index (Phi) is 5.48. The van der Waals surface area contributed by atoms with E-state index in [2.05, 4.69) is 0 Å². The summed E-state index contributed by atoms with van der Waals surface area (Å²) in [6.45, 7) is 2.04. The number of hydrogen-bond donors (Lipinski definition) is 1. The number of benzene rings is 1. The van der Waals surface area contributed by atoms with Crippen LogP contribution in [-0.2, 0) is 16.1 Å². The second-order valence-corrected chi connectivity index (χ2v) is 4.79. The normalized spacial score (nSPS) is 11.9. The fourth-order valence-corrected chi connectivity index (χ4v) is 1.82. The Labute approximate surface area is 111 Å². The molecule has 0 fully saturated rings. The Morgan fingerprint density at radius 1 is 1.37 bits per heavy atom. The summed E-state index contributed by atoms with van der Waals surface area (Å²) < 4.78 is 13.0. The first-order chi connectivity index (χ1) is 8.88. The third kappa shape index (κ3) is 5.50. The maximum absolute atomic E-state index is 13.0. The summed E-state index contributed by atoms with van der Waals surface area (Å²) in [5, 5.41) is 8.63. The molecule has 1 unspecified atom stereocenters. The van der Waals surface area contributed by atoms with Crippen LogP contribution in [0.3, 0.4) is 0 Å².